The number of hydrogen-bond acceptors (Lipinski definition) is 2. The topological polar surface area (TPSA) is 30.6 Å². The predicted molar refractivity (Wildman–Crippen MR) is 614 cm³/mol. The van der Waals surface area contributed by atoms with Gasteiger partial charge in [-0.15, -0.1) is 22.7 Å². The zero-order valence-corrected chi connectivity index (χ0v) is 82.1. The van der Waals surface area contributed by atoms with Crippen molar-refractivity contribution in [2.45, 2.75) is 0 Å². The van der Waals surface area contributed by atoms with Crippen LogP contribution in [0.4, 0.5) is 0 Å². The van der Waals surface area contributed by atoms with Crippen LogP contribution in [-0.2, 0) is 0 Å². The Kier molecular flexibility index (Phi) is 21.5. The summed E-state index contributed by atoms with van der Waals surface area (Å²) in [6.07, 6.45) is 0. The minimum Gasteiger partial charge on any atom is -0.355 e. The maximum atomic E-state index is 3.80. The number of nitrogens with zero attached hydrogens (tertiary/aromatic N) is 3. The van der Waals surface area contributed by atoms with Crippen LogP contribution in [0.3, 0.4) is 0 Å². The quantitative estimate of drug-likeness (QED) is 0.0783. The molecule has 0 aliphatic carbocycles. The Morgan fingerprint density at radius 1 is 0.177 bits per heavy atom. The van der Waals surface area contributed by atoms with Crippen LogP contribution >= 0.6 is 38.6 Å². The number of rotatable bonds is 15. The van der Waals surface area contributed by atoms with Crippen LogP contribution in [0.5, 0.6) is 0 Å². The number of halogens is 1. The Hall–Kier alpha value is -16.6. The van der Waals surface area contributed by atoms with Gasteiger partial charge in [0.15, 0.2) is 16.1 Å². The van der Waals surface area contributed by atoms with Gasteiger partial charge in [-0.2, -0.15) is 0 Å². The Morgan fingerprint density at radius 2 is 0.468 bits per heavy atom. The predicted octanol–water partition coefficient (Wildman–Crippen LogP) is 30.9. The Labute approximate surface area is 835 Å². The van der Waals surface area contributed by atoms with Crippen LogP contribution in [0, 0.1) is 0 Å². The number of para-hydroxylation sites is 6. The van der Waals surface area contributed by atoms with Gasteiger partial charge in [0.1, 0.15) is 0 Å². The third kappa shape index (κ3) is 14.6. The van der Waals surface area contributed by atoms with E-state index < -0.39 is 16.1 Å². The SMILES string of the molecule is Brc1cccc([Si](c2ccccc2)(c2ccccc2)c2cccc(-c3cccc(-c4cccc5c4sc4ccccc45)c3)c2)c1.c1ccc([Si](c2ccccc2)(c2cccc(-c3cccc(-c4cccc5c4sc4ccccc45)c3)c2)c2cccc(-n3c4ccccc4c4cc(-n5c6ccccc6c6ccccc65)ccc43)c2)cc1.c1ccc2c(c1)[nH]c1ccc(-n3c4ccccc4c4ccccc43)cc12. The van der Waals surface area contributed by atoms with Gasteiger partial charge in [-0.3, -0.25) is 0 Å². The number of benzene rings is 22. The fraction of sp³-hybridized carbons (Fsp3) is 0. The van der Waals surface area contributed by atoms with Gasteiger partial charge in [0.25, 0.3) is 0 Å². The van der Waals surface area contributed by atoms with Crippen molar-refractivity contribution in [3.8, 4) is 61.6 Å². The van der Waals surface area contributed by atoms with Crippen molar-refractivity contribution in [1.82, 2.24) is 18.7 Å². The molecule has 6 heterocycles. The first-order valence-electron chi connectivity index (χ1n) is 48.2. The molecule has 0 amide bonds. The number of nitrogens with one attached hydrogen (secondary N) is 1. The standard InChI is InChI=1S/C66H44N2SSi.C42H29BrSSi.C24H16N2/c1-3-23-50(24-4-1)70(51-25-5-2-6-26-51,52-27-16-20-46(42-52)45-19-15-21-47(41-45)54-33-18-34-59-58-32-10-14-38-65(58)69-66(54)59)53-28-17-22-48(43-53)67-63-37-13-9-31-57(63)60-44-49(39-40-64(60)67)68-61-35-11-7-29-55(61)56-30-8-12-36-62(56)68;43-33-16-11-22-37(29-33)45(34-17-3-1-4-18-34,35-19-5-2-6-20-35)36-21-10-14-31(28-36)30-13-9-15-32(27-30)38-24-12-25-40-39-23-7-8-26-41(39)44-42(38)40;1-4-10-21-17(7-1)20-15-16(13-14-22(20)25-21)26-23-11-5-2-8-18(23)19-9-3-6-12-24(19)26/h1-44H;1-29H;1-15,25H. The monoisotopic (exact) mass is 1930 g/mol. The lowest BCUT2D eigenvalue weighted by atomic mass is 9.98. The van der Waals surface area contributed by atoms with Crippen LogP contribution in [0.25, 0.3) is 189 Å². The van der Waals surface area contributed by atoms with Gasteiger partial charge in [0.2, 0.25) is 0 Å². The second-order valence-electron chi connectivity index (χ2n) is 36.6. The van der Waals surface area contributed by atoms with Crippen molar-refractivity contribution < 1.29 is 0 Å². The van der Waals surface area contributed by atoms with Crippen LogP contribution in [0.15, 0.2) is 538 Å². The summed E-state index contributed by atoms with van der Waals surface area (Å²) < 4.78 is 13.7. The van der Waals surface area contributed by atoms with Crippen LogP contribution in [-0.4, -0.2) is 34.8 Å². The summed E-state index contributed by atoms with van der Waals surface area (Å²) in [4.78, 5) is 3.52. The minimum atomic E-state index is -2.99. The maximum Gasteiger partial charge on any atom is 0.179 e. The van der Waals surface area contributed by atoms with Crippen molar-refractivity contribution in [1.29, 1.82) is 0 Å². The lowest BCUT2D eigenvalue weighted by Gasteiger charge is -2.35. The summed E-state index contributed by atoms with van der Waals surface area (Å²) >= 11 is 7.58. The van der Waals surface area contributed by atoms with Crippen molar-refractivity contribution in [2.75, 3.05) is 0 Å². The molecule has 0 aliphatic rings. The molecular formula is C132H89BrN4S2Si2. The molecule has 0 bridgehead atoms. The molecule has 1 N–H and O–H groups in total. The van der Waals surface area contributed by atoms with E-state index in [9.17, 15) is 0 Å². The van der Waals surface area contributed by atoms with Gasteiger partial charge in [-0.25, -0.2) is 0 Å². The highest BCUT2D eigenvalue weighted by molar-refractivity contribution is 9.10. The molecule has 9 heteroatoms. The molecule has 0 saturated carbocycles. The van der Waals surface area contributed by atoms with Gasteiger partial charge in [0.05, 0.1) is 33.1 Å². The van der Waals surface area contributed by atoms with E-state index in [1.54, 1.807) is 0 Å². The molecule has 0 aliphatic heterocycles. The second kappa shape index (κ2) is 35.7. The van der Waals surface area contributed by atoms with E-state index in [2.05, 4.69) is 568 Å². The summed E-state index contributed by atoms with van der Waals surface area (Å²) in [6, 6.07) is 197. The summed E-state index contributed by atoms with van der Waals surface area (Å²) in [5.74, 6) is 0. The molecule has 0 saturated heterocycles. The largest absolute Gasteiger partial charge is 0.355 e. The highest BCUT2D eigenvalue weighted by Gasteiger charge is 2.44. The minimum absolute atomic E-state index is 1.10. The van der Waals surface area contributed by atoms with Crippen molar-refractivity contribution in [3.05, 3.63) is 538 Å². The first-order valence-corrected chi connectivity index (χ1v) is 54.6. The molecule has 28 rings (SSSR count). The van der Waals surface area contributed by atoms with E-state index in [4.69, 9.17) is 0 Å². The highest BCUT2D eigenvalue weighted by atomic mass is 79.9. The first-order chi connectivity index (χ1) is 69.8. The molecule has 28 aromatic rings. The van der Waals surface area contributed by atoms with Crippen molar-refractivity contribution in [2.24, 2.45) is 0 Å². The molecule has 0 atom stereocenters. The van der Waals surface area contributed by atoms with Crippen molar-refractivity contribution in [3.63, 3.8) is 0 Å². The van der Waals surface area contributed by atoms with E-state index in [-0.39, 0.29) is 0 Å². The van der Waals surface area contributed by atoms with Crippen LogP contribution in [0.2, 0.25) is 0 Å². The average Bonchev–Trinajstić information content (AvgIpc) is 1.68. The van der Waals surface area contributed by atoms with E-state index in [1.807, 2.05) is 22.7 Å². The number of aromatic nitrogens is 4. The van der Waals surface area contributed by atoms with Gasteiger partial charge >= 0.3 is 0 Å². The summed E-state index contributed by atoms with van der Waals surface area (Å²) in [7, 11) is -5.65. The normalized spacial score (nSPS) is 11.9. The highest BCUT2D eigenvalue weighted by Crippen LogP contribution is 2.45. The zero-order chi connectivity index (χ0) is 93.5. The third-order valence-electron chi connectivity index (χ3n) is 28.9. The molecule has 141 heavy (non-hydrogen) atoms. The molecule has 4 nitrogen and oxygen atoms in total. The smallest absolute Gasteiger partial charge is 0.179 e. The Morgan fingerprint density at radius 3 is 0.908 bits per heavy atom. The number of thiophene rings is 2. The Balaban J connectivity index is 0.000000122. The fourth-order valence-electron chi connectivity index (χ4n) is 22.7. The lowest BCUT2D eigenvalue weighted by Crippen LogP contribution is -2.74. The van der Waals surface area contributed by atoms with Gasteiger partial charge in [-0.05, 0) is 207 Å². The fourth-order valence-corrected chi connectivity index (χ4v) is 35.4. The van der Waals surface area contributed by atoms with E-state index in [1.165, 1.54) is 219 Å². The number of hydrogen-bond donors (Lipinski definition) is 1. The zero-order valence-electron chi connectivity index (χ0n) is 76.8. The molecule has 6 aromatic heterocycles. The molecule has 22 aromatic carbocycles. The summed E-state index contributed by atoms with van der Waals surface area (Å²) in [6.45, 7) is 0. The molecule has 0 radical (unpaired) electrons. The molecular weight excluding hydrogens is 1840 g/mol. The average molecular weight is 1930 g/mol. The maximum absolute atomic E-state index is 3.80. The number of H-pyrrole nitrogens is 1. The molecule has 0 fully saturated rings. The molecule has 664 valence electrons. The number of fused-ring (bicyclic) bond motifs is 18. The summed E-state index contributed by atoms with van der Waals surface area (Å²) in [5, 5.41) is 26.3. The number of aromatic amines is 1. The molecule has 0 spiro atoms. The van der Waals surface area contributed by atoms with Crippen LogP contribution < -0.4 is 41.5 Å². The first kappa shape index (κ1) is 84.9. The van der Waals surface area contributed by atoms with Crippen LogP contribution in [0.1, 0.15) is 0 Å². The van der Waals surface area contributed by atoms with E-state index >= 15 is 0 Å². The lowest BCUT2D eigenvalue weighted by molar-refractivity contribution is 1.17. The van der Waals surface area contributed by atoms with Gasteiger partial charge < -0.3 is 18.7 Å². The van der Waals surface area contributed by atoms with Gasteiger partial charge in [0, 0.05) is 116 Å². The third-order valence-corrected chi connectivity index (χ3v) is 41.3. The van der Waals surface area contributed by atoms with Crippen molar-refractivity contribution >= 4 is 224 Å². The van der Waals surface area contributed by atoms with Gasteiger partial charge in [-0.1, -0.05) is 428 Å². The molecule has 0 unspecified atom stereocenters. The van der Waals surface area contributed by atoms with E-state index in [0.717, 1.165) is 15.8 Å². The Bertz CT molecular complexity index is 9500. The summed E-state index contributed by atoms with van der Waals surface area (Å²) in [5.41, 5.74) is 23.1. The van der Waals surface area contributed by atoms with E-state index in [0.29, 0.717) is 0 Å². The second-order valence-corrected chi connectivity index (χ2v) is 47.2.